The number of carbonyl (C=O) groups excluding carboxylic acids is 1. The lowest BCUT2D eigenvalue weighted by molar-refractivity contribution is -0.389. The predicted octanol–water partition coefficient (Wildman–Crippen LogP) is 1.13. The minimum atomic E-state index is -0.633. The van der Waals surface area contributed by atoms with E-state index in [1.807, 2.05) is 0 Å². The van der Waals surface area contributed by atoms with Gasteiger partial charge in [-0.1, -0.05) is 0 Å². The Morgan fingerprint density at radius 3 is 2.73 bits per heavy atom. The molecule has 0 unspecified atom stereocenters. The van der Waals surface area contributed by atoms with Crippen molar-refractivity contribution in [2.75, 3.05) is 0 Å². The van der Waals surface area contributed by atoms with Gasteiger partial charge in [-0.3, -0.25) is 4.79 Å². The summed E-state index contributed by atoms with van der Waals surface area (Å²) in [6.07, 6.45) is 0. The Kier molecular flexibility index (Phi) is 3.33. The van der Waals surface area contributed by atoms with Crippen molar-refractivity contribution in [1.29, 1.82) is 0 Å². The number of nitrogens with one attached hydrogen (secondary N) is 1. The van der Waals surface area contributed by atoms with Crippen LogP contribution in [0.4, 0.5) is 5.82 Å². The minimum absolute atomic E-state index is 0.0291. The van der Waals surface area contributed by atoms with Gasteiger partial charge in [0.15, 0.2) is 0 Å². The molecule has 0 saturated heterocycles. The van der Waals surface area contributed by atoms with Gasteiger partial charge in [0, 0.05) is 12.1 Å². The summed E-state index contributed by atoms with van der Waals surface area (Å²) in [5.41, 5.74) is 0.0536. The van der Waals surface area contributed by atoms with Gasteiger partial charge in [-0.15, -0.1) is 0 Å². The van der Waals surface area contributed by atoms with Gasteiger partial charge < -0.3 is 15.4 Å². The van der Waals surface area contributed by atoms with Crippen molar-refractivity contribution < 1.29 is 9.72 Å². The Morgan fingerprint density at radius 1 is 1.53 bits per heavy atom. The number of rotatable bonds is 3. The normalized spacial score (nSPS) is 10.1. The fraction of sp³-hybridized carbons (Fsp3) is 0.333. The van der Waals surface area contributed by atoms with Crippen LogP contribution in [-0.4, -0.2) is 21.9 Å². The first kappa shape index (κ1) is 11.1. The van der Waals surface area contributed by atoms with E-state index in [2.05, 4.69) is 10.3 Å². The molecule has 15 heavy (non-hydrogen) atoms. The van der Waals surface area contributed by atoms with Crippen LogP contribution < -0.4 is 5.32 Å². The zero-order chi connectivity index (χ0) is 11.4. The van der Waals surface area contributed by atoms with Crippen LogP contribution in [0.25, 0.3) is 0 Å². The average Bonchev–Trinajstić information content (AvgIpc) is 2.17. The van der Waals surface area contributed by atoms with Gasteiger partial charge in [0.1, 0.15) is 0 Å². The van der Waals surface area contributed by atoms with Crippen molar-refractivity contribution in [2.45, 2.75) is 19.9 Å². The summed E-state index contributed by atoms with van der Waals surface area (Å²) >= 11 is 0. The molecular weight excluding hydrogens is 198 g/mol. The highest BCUT2D eigenvalue weighted by Crippen LogP contribution is 2.07. The molecule has 0 radical (unpaired) electrons. The number of hydrogen-bond acceptors (Lipinski definition) is 4. The zero-order valence-corrected chi connectivity index (χ0v) is 8.43. The van der Waals surface area contributed by atoms with Crippen molar-refractivity contribution >= 4 is 11.7 Å². The minimum Gasteiger partial charge on any atom is -0.358 e. The maximum atomic E-state index is 11.4. The molecule has 0 aromatic carbocycles. The van der Waals surface area contributed by atoms with Gasteiger partial charge >= 0.3 is 5.82 Å². The molecule has 0 fully saturated rings. The lowest BCUT2D eigenvalue weighted by atomic mass is 10.3. The number of amides is 1. The number of nitrogens with zero attached hydrogens (tertiary/aromatic N) is 2. The van der Waals surface area contributed by atoms with E-state index in [9.17, 15) is 14.9 Å². The number of carbonyl (C=O) groups is 1. The van der Waals surface area contributed by atoms with E-state index in [-0.39, 0.29) is 17.6 Å². The highest BCUT2D eigenvalue weighted by Gasteiger charge is 2.16. The molecule has 0 bridgehead atoms. The van der Waals surface area contributed by atoms with Gasteiger partial charge in [0.05, 0.1) is 0 Å². The Labute approximate surface area is 86.5 Å². The Balaban J connectivity index is 2.90. The van der Waals surface area contributed by atoms with Crippen molar-refractivity contribution in [3.05, 3.63) is 34.0 Å². The Morgan fingerprint density at radius 2 is 2.20 bits per heavy atom. The van der Waals surface area contributed by atoms with Crippen LogP contribution in [0.2, 0.25) is 0 Å². The van der Waals surface area contributed by atoms with Crippen LogP contribution in [-0.2, 0) is 0 Å². The second-order valence-electron chi connectivity index (χ2n) is 3.27. The second kappa shape index (κ2) is 4.50. The summed E-state index contributed by atoms with van der Waals surface area (Å²) in [5.74, 6) is -0.736. The first-order chi connectivity index (χ1) is 7.00. The lowest BCUT2D eigenvalue weighted by Gasteiger charge is -2.04. The summed E-state index contributed by atoms with van der Waals surface area (Å²) in [6, 6.07) is 4.08. The summed E-state index contributed by atoms with van der Waals surface area (Å²) < 4.78 is 0. The van der Waals surface area contributed by atoms with Crippen LogP contribution in [0.3, 0.4) is 0 Å². The smallest absolute Gasteiger partial charge is 0.358 e. The standard InChI is InChI=1S/C9H11N3O3/c1-6(2)10-9(13)7-4-3-5-8(11-7)12(14)15/h3-6H,1-2H3,(H,10,13). The number of pyridine rings is 1. The van der Waals surface area contributed by atoms with E-state index in [1.165, 1.54) is 18.2 Å². The van der Waals surface area contributed by atoms with Gasteiger partial charge in [-0.2, -0.15) is 0 Å². The van der Waals surface area contributed by atoms with Crippen molar-refractivity contribution in [3.8, 4) is 0 Å². The molecule has 6 nitrogen and oxygen atoms in total. The molecule has 0 atom stereocenters. The van der Waals surface area contributed by atoms with Crippen molar-refractivity contribution in [1.82, 2.24) is 10.3 Å². The van der Waals surface area contributed by atoms with E-state index < -0.39 is 10.8 Å². The van der Waals surface area contributed by atoms with E-state index in [0.29, 0.717) is 0 Å². The molecule has 0 spiro atoms. The van der Waals surface area contributed by atoms with Gasteiger partial charge in [-0.05, 0) is 35.9 Å². The summed E-state index contributed by atoms with van der Waals surface area (Å²) in [4.78, 5) is 24.8. The monoisotopic (exact) mass is 209 g/mol. The average molecular weight is 209 g/mol. The van der Waals surface area contributed by atoms with Crippen molar-refractivity contribution in [2.24, 2.45) is 0 Å². The second-order valence-corrected chi connectivity index (χ2v) is 3.27. The van der Waals surface area contributed by atoms with Crippen LogP contribution in [0.15, 0.2) is 18.2 Å². The third-order valence-corrected chi connectivity index (χ3v) is 1.57. The van der Waals surface area contributed by atoms with Gasteiger partial charge in [0.2, 0.25) is 5.69 Å². The summed E-state index contributed by atoms with van der Waals surface area (Å²) in [6.45, 7) is 3.60. The first-order valence-electron chi connectivity index (χ1n) is 4.43. The van der Waals surface area contributed by atoms with E-state index >= 15 is 0 Å². The first-order valence-corrected chi connectivity index (χ1v) is 4.43. The predicted molar refractivity (Wildman–Crippen MR) is 53.5 cm³/mol. The number of hydrogen-bond donors (Lipinski definition) is 1. The van der Waals surface area contributed by atoms with Crippen LogP contribution >= 0.6 is 0 Å². The SMILES string of the molecule is CC(C)NC(=O)c1cccc([N+](=O)[O-])n1. The number of nitro groups is 1. The van der Waals surface area contributed by atoms with Crippen LogP contribution in [0.1, 0.15) is 24.3 Å². The summed E-state index contributed by atoms with van der Waals surface area (Å²) in [7, 11) is 0. The molecule has 0 aliphatic heterocycles. The van der Waals surface area contributed by atoms with Crippen molar-refractivity contribution in [3.63, 3.8) is 0 Å². The third-order valence-electron chi connectivity index (χ3n) is 1.57. The van der Waals surface area contributed by atoms with Gasteiger partial charge in [0.25, 0.3) is 5.91 Å². The maximum absolute atomic E-state index is 11.4. The Hall–Kier alpha value is -1.98. The molecule has 6 heteroatoms. The molecule has 0 saturated carbocycles. The van der Waals surface area contributed by atoms with E-state index in [0.717, 1.165) is 0 Å². The zero-order valence-electron chi connectivity index (χ0n) is 8.43. The molecule has 1 rings (SSSR count). The third kappa shape index (κ3) is 3.01. The maximum Gasteiger partial charge on any atom is 0.364 e. The topological polar surface area (TPSA) is 85.1 Å². The van der Waals surface area contributed by atoms with Crippen LogP contribution in [0, 0.1) is 10.1 Å². The van der Waals surface area contributed by atoms with Crippen LogP contribution in [0.5, 0.6) is 0 Å². The molecule has 1 amide bonds. The fourth-order valence-electron chi connectivity index (χ4n) is 0.988. The molecule has 1 aromatic rings. The quantitative estimate of drug-likeness (QED) is 0.597. The molecular formula is C9H11N3O3. The fourth-order valence-corrected chi connectivity index (χ4v) is 0.988. The molecule has 0 aliphatic carbocycles. The number of aromatic nitrogens is 1. The molecule has 1 N–H and O–H groups in total. The summed E-state index contributed by atoms with van der Waals surface area (Å²) in [5, 5.41) is 13.0. The highest BCUT2D eigenvalue weighted by molar-refractivity contribution is 5.92. The van der Waals surface area contributed by atoms with E-state index in [4.69, 9.17) is 0 Å². The molecule has 1 heterocycles. The molecule has 0 aliphatic rings. The largest absolute Gasteiger partial charge is 0.364 e. The molecule has 1 aromatic heterocycles. The van der Waals surface area contributed by atoms with Gasteiger partial charge in [-0.25, -0.2) is 0 Å². The highest BCUT2D eigenvalue weighted by atomic mass is 16.6. The lowest BCUT2D eigenvalue weighted by Crippen LogP contribution is -2.30. The molecule has 80 valence electrons. The van der Waals surface area contributed by atoms with E-state index in [1.54, 1.807) is 13.8 Å². The Bertz CT molecular complexity index is 390.